The van der Waals surface area contributed by atoms with E-state index in [2.05, 4.69) is 15.0 Å². The Balaban J connectivity index is 1.67. The number of nitrogens with two attached hydrogens (primary N) is 1. The van der Waals surface area contributed by atoms with Crippen molar-refractivity contribution in [3.8, 4) is 0 Å². The molecule has 0 bridgehead atoms. The maximum atomic E-state index is 13.3. The van der Waals surface area contributed by atoms with Crippen LogP contribution in [0.25, 0.3) is 11.2 Å². The zero-order valence-corrected chi connectivity index (χ0v) is 22.6. The van der Waals surface area contributed by atoms with Gasteiger partial charge in [-0.25, -0.2) is 9.55 Å². The molecule has 2 aromatic heterocycles. The summed E-state index contributed by atoms with van der Waals surface area (Å²) in [6.45, 7) is 12.9. The van der Waals surface area contributed by atoms with Crippen LogP contribution in [0.5, 0.6) is 0 Å². The predicted molar refractivity (Wildman–Crippen MR) is 128 cm³/mol. The number of anilines is 1. The van der Waals surface area contributed by atoms with Crippen molar-refractivity contribution < 1.29 is 32.3 Å². The Morgan fingerprint density at radius 3 is 2.51 bits per heavy atom. The van der Waals surface area contributed by atoms with Gasteiger partial charge in [-0.15, -0.1) is 0 Å². The van der Waals surface area contributed by atoms with Gasteiger partial charge in [0.2, 0.25) is 5.28 Å². The molecule has 4 atom stereocenters. The van der Waals surface area contributed by atoms with Gasteiger partial charge in [-0.1, -0.05) is 6.92 Å². The molecule has 0 aliphatic carbocycles. The molecular formula is C21H33ClN5O7P. The molecule has 35 heavy (non-hydrogen) atoms. The third kappa shape index (κ3) is 5.35. The molecule has 0 saturated carbocycles. The van der Waals surface area contributed by atoms with E-state index < -0.39 is 37.5 Å². The number of hydrogen-bond acceptors (Lipinski definition) is 11. The molecular weight excluding hydrogens is 501 g/mol. The van der Waals surface area contributed by atoms with Crippen LogP contribution in [-0.2, 0) is 32.3 Å². The molecule has 12 nitrogen and oxygen atoms in total. The van der Waals surface area contributed by atoms with Crippen LogP contribution in [0.4, 0.5) is 5.82 Å². The lowest BCUT2D eigenvalue weighted by molar-refractivity contribution is -0.314. The maximum absolute atomic E-state index is 13.3. The first-order valence-electron chi connectivity index (χ1n) is 11.5. The lowest BCUT2D eigenvalue weighted by atomic mass is 9.81. The lowest BCUT2D eigenvalue weighted by Crippen LogP contribution is -2.54. The third-order valence-corrected chi connectivity index (χ3v) is 7.74. The van der Waals surface area contributed by atoms with E-state index >= 15 is 0 Å². The highest BCUT2D eigenvalue weighted by atomic mass is 35.5. The van der Waals surface area contributed by atoms with E-state index in [9.17, 15) is 4.57 Å². The molecule has 4 rings (SSSR count). The van der Waals surface area contributed by atoms with Crippen LogP contribution in [0.1, 0.15) is 54.7 Å². The molecule has 2 N–H and O–H groups in total. The van der Waals surface area contributed by atoms with Crippen LogP contribution in [-0.4, -0.2) is 62.9 Å². The van der Waals surface area contributed by atoms with Crippen molar-refractivity contribution in [2.45, 2.75) is 84.9 Å². The summed E-state index contributed by atoms with van der Waals surface area (Å²) >= 11 is 6.07. The number of aromatic nitrogens is 4. The van der Waals surface area contributed by atoms with Gasteiger partial charge in [0.05, 0.1) is 37.2 Å². The van der Waals surface area contributed by atoms with Crippen LogP contribution in [0.2, 0.25) is 5.28 Å². The third-order valence-electron chi connectivity index (χ3n) is 5.75. The SMILES string of the molecule is CC(C)OP(=O)(OC[C@H]1O[C@@H](n2cnc3c(N)nc(Cl)nc32)C2(C)COC(C)(C)OC12)OC(C)C. The summed E-state index contributed by atoms with van der Waals surface area (Å²) in [5, 5.41) is -0.00813. The minimum absolute atomic E-state index is 0.00813. The Morgan fingerprint density at radius 1 is 1.23 bits per heavy atom. The largest absolute Gasteiger partial charge is 0.475 e. The fourth-order valence-electron chi connectivity index (χ4n) is 4.35. The van der Waals surface area contributed by atoms with Crippen LogP contribution in [0.15, 0.2) is 6.33 Å². The molecule has 2 aliphatic heterocycles. The summed E-state index contributed by atoms with van der Waals surface area (Å²) in [7, 11) is -3.86. The number of halogens is 1. The minimum Gasteiger partial charge on any atom is -0.382 e. The van der Waals surface area contributed by atoms with Crippen molar-refractivity contribution >= 4 is 36.4 Å². The highest BCUT2D eigenvalue weighted by Gasteiger charge is 2.60. The molecule has 0 amide bonds. The number of ether oxygens (including phenoxy) is 3. The summed E-state index contributed by atoms with van der Waals surface area (Å²) in [6, 6.07) is 0. The molecule has 0 spiro atoms. The summed E-state index contributed by atoms with van der Waals surface area (Å²) < 4.78 is 50.6. The Bertz CT molecular complexity index is 1110. The van der Waals surface area contributed by atoms with E-state index in [1.807, 2.05) is 20.8 Å². The molecule has 2 saturated heterocycles. The second kappa shape index (κ2) is 9.50. The zero-order valence-electron chi connectivity index (χ0n) is 20.9. The van der Waals surface area contributed by atoms with Gasteiger partial charge >= 0.3 is 7.82 Å². The number of imidazole rings is 1. The van der Waals surface area contributed by atoms with Gasteiger partial charge in [0.1, 0.15) is 24.0 Å². The Morgan fingerprint density at radius 2 is 1.89 bits per heavy atom. The van der Waals surface area contributed by atoms with Crippen molar-refractivity contribution in [2.75, 3.05) is 18.9 Å². The molecule has 196 valence electrons. The predicted octanol–water partition coefficient (Wildman–Crippen LogP) is 4.09. The molecule has 2 fully saturated rings. The minimum atomic E-state index is -3.86. The van der Waals surface area contributed by atoms with Crippen molar-refractivity contribution in [1.29, 1.82) is 0 Å². The van der Waals surface area contributed by atoms with Gasteiger partial charge in [0, 0.05) is 0 Å². The van der Waals surface area contributed by atoms with Crippen LogP contribution < -0.4 is 5.73 Å². The first kappa shape index (κ1) is 26.7. The summed E-state index contributed by atoms with van der Waals surface area (Å²) in [6.07, 6.45) is -0.935. The lowest BCUT2D eigenvalue weighted by Gasteiger charge is -2.45. The zero-order chi connectivity index (χ0) is 25.8. The maximum Gasteiger partial charge on any atom is 0.475 e. The molecule has 0 aromatic carbocycles. The quantitative estimate of drug-likeness (QED) is 0.387. The molecule has 14 heteroatoms. The standard InChI is InChI=1S/C21H33ClN5O7P/c1-11(2)33-35(28,34-12(3)4)30-8-13-15-21(7,9-29-20(5,6)32-15)18(31-13)27-10-24-14-16(23)25-19(22)26-17(14)27/h10-13,15,18H,8-9H2,1-7H3,(H2,23,25,26)/t13-,15?,18-,21?/m1/s1. The number of phosphoric ester groups is 1. The summed E-state index contributed by atoms with van der Waals surface area (Å²) in [5.74, 6) is -0.701. The van der Waals surface area contributed by atoms with Crippen molar-refractivity contribution in [1.82, 2.24) is 19.5 Å². The summed E-state index contributed by atoms with van der Waals surface area (Å²) in [5.41, 5.74) is 6.11. The number of nitrogen functional groups attached to an aromatic ring is 1. The molecule has 2 unspecified atom stereocenters. The van der Waals surface area contributed by atoms with E-state index in [1.165, 1.54) is 0 Å². The van der Waals surface area contributed by atoms with Gasteiger partial charge in [0.25, 0.3) is 0 Å². The average molecular weight is 534 g/mol. The van der Waals surface area contributed by atoms with E-state index in [1.54, 1.807) is 38.6 Å². The van der Waals surface area contributed by atoms with E-state index in [-0.39, 0.29) is 29.9 Å². The number of rotatable bonds is 8. The number of nitrogens with zero attached hydrogens (tertiary/aromatic N) is 4. The fraction of sp³-hybridized carbons (Fsp3) is 0.762. The Labute approximate surface area is 209 Å². The van der Waals surface area contributed by atoms with E-state index in [0.29, 0.717) is 17.8 Å². The van der Waals surface area contributed by atoms with Crippen LogP contribution in [0, 0.1) is 5.41 Å². The first-order chi connectivity index (χ1) is 16.2. The highest BCUT2D eigenvalue weighted by Crippen LogP contribution is 2.55. The smallest absolute Gasteiger partial charge is 0.382 e. The number of hydrogen-bond donors (Lipinski definition) is 1. The van der Waals surface area contributed by atoms with Crippen LogP contribution >= 0.6 is 19.4 Å². The van der Waals surface area contributed by atoms with Gasteiger partial charge < -0.3 is 19.9 Å². The average Bonchev–Trinajstić information content (AvgIpc) is 3.24. The second-order valence-corrected chi connectivity index (χ2v) is 11.9. The normalized spacial score (nSPS) is 28.8. The topological polar surface area (TPSA) is 142 Å². The Kier molecular flexibility index (Phi) is 7.24. The van der Waals surface area contributed by atoms with Gasteiger partial charge in [-0.2, -0.15) is 9.97 Å². The van der Waals surface area contributed by atoms with E-state index in [0.717, 1.165) is 0 Å². The second-order valence-electron chi connectivity index (χ2n) is 10.0. The molecule has 4 heterocycles. The van der Waals surface area contributed by atoms with Crippen molar-refractivity contribution in [3.63, 3.8) is 0 Å². The van der Waals surface area contributed by atoms with Gasteiger partial charge in [0.15, 0.2) is 17.3 Å². The van der Waals surface area contributed by atoms with Gasteiger partial charge in [-0.05, 0) is 53.1 Å². The monoisotopic (exact) mass is 533 g/mol. The molecule has 0 radical (unpaired) electrons. The van der Waals surface area contributed by atoms with Gasteiger partial charge in [-0.3, -0.25) is 18.1 Å². The van der Waals surface area contributed by atoms with E-state index in [4.69, 9.17) is 45.1 Å². The van der Waals surface area contributed by atoms with Crippen molar-refractivity contribution in [2.24, 2.45) is 5.41 Å². The number of phosphoric acid groups is 1. The summed E-state index contributed by atoms with van der Waals surface area (Å²) in [4.78, 5) is 12.6. The van der Waals surface area contributed by atoms with Crippen LogP contribution in [0.3, 0.4) is 0 Å². The molecule has 2 aliphatic rings. The van der Waals surface area contributed by atoms with Crippen molar-refractivity contribution in [3.05, 3.63) is 11.6 Å². The number of fused-ring (bicyclic) bond motifs is 2. The first-order valence-corrected chi connectivity index (χ1v) is 13.3. The fourth-order valence-corrected chi connectivity index (χ4v) is 6.05. The highest BCUT2D eigenvalue weighted by molar-refractivity contribution is 7.48. The molecule has 2 aromatic rings. The Hall–Kier alpha value is -1.37.